The van der Waals surface area contributed by atoms with Gasteiger partial charge in [-0.2, -0.15) is 0 Å². The Morgan fingerprint density at radius 3 is 3.00 bits per heavy atom. The first-order chi connectivity index (χ1) is 10.2. The van der Waals surface area contributed by atoms with E-state index in [0.717, 1.165) is 47.5 Å². The molecule has 0 spiro atoms. The van der Waals surface area contributed by atoms with Crippen molar-refractivity contribution in [3.8, 4) is 0 Å². The molecule has 5 heteroatoms. The van der Waals surface area contributed by atoms with Gasteiger partial charge in [-0.1, -0.05) is 40.5 Å². The van der Waals surface area contributed by atoms with Crippen LogP contribution in [0.2, 0.25) is 5.02 Å². The van der Waals surface area contributed by atoms with Gasteiger partial charge >= 0.3 is 0 Å². The fraction of sp³-hybridized carbons (Fsp3) is 0.625. The van der Waals surface area contributed by atoms with E-state index in [2.05, 4.69) is 39.1 Å². The number of hydrogen-bond acceptors (Lipinski definition) is 3. The van der Waals surface area contributed by atoms with E-state index in [-0.39, 0.29) is 12.6 Å². The third-order valence-corrected chi connectivity index (χ3v) is 5.02. The monoisotopic (exact) mass is 374 g/mol. The van der Waals surface area contributed by atoms with Gasteiger partial charge < -0.3 is 10.4 Å². The first kappa shape index (κ1) is 17.2. The van der Waals surface area contributed by atoms with E-state index in [1.54, 1.807) is 0 Å². The predicted octanol–water partition coefficient (Wildman–Crippen LogP) is 3.60. The predicted molar refractivity (Wildman–Crippen MR) is 91.9 cm³/mol. The van der Waals surface area contributed by atoms with Crippen molar-refractivity contribution in [1.29, 1.82) is 0 Å². The van der Waals surface area contributed by atoms with Crippen LogP contribution < -0.4 is 5.32 Å². The van der Waals surface area contributed by atoms with Crippen LogP contribution in [0.15, 0.2) is 22.7 Å². The molecule has 0 saturated carbocycles. The Kier molecular flexibility index (Phi) is 6.96. The second-order valence-electron chi connectivity index (χ2n) is 5.58. The van der Waals surface area contributed by atoms with E-state index in [1.807, 2.05) is 12.1 Å². The number of benzene rings is 1. The van der Waals surface area contributed by atoms with Gasteiger partial charge in [0.15, 0.2) is 0 Å². The molecular weight excluding hydrogens is 352 g/mol. The molecule has 0 aromatic heterocycles. The summed E-state index contributed by atoms with van der Waals surface area (Å²) in [6.07, 6.45) is 3.31. The lowest BCUT2D eigenvalue weighted by Crippen LogP contribution is -2.35. The summed E-state index contributed by atoms with van der Waals surface area (Å²) in [4.78, 5) is 2.40. The smallest absolute Gasteiger partial charge is 0.0586 e. The minimum atomic E-state index is 0.260. The fourth-order valence-electron chi connectivity index (χ4n) is 3.09. The lowest BCUT2D eigenvalue weighted by molar-refractivity contribution is 0.154. The molecule has 3 nitrogen and oxygen atoms in total. The zero-order valence-electron chi connectivity index (χ0n) is 12.5. The molecule has 2 N–H and O–H groups in total. The maximum Gasteiger partial charge on any atom is 0.0586 e. The second kappa shape index (κ2) is 8.49. The molecule has 0 bridgehead atoms. The molecule has 0 aliphatic carbocycles. The van der Waals surface area contributed by atoms with Gasteiger partial charge in [0.25, 0.3) is 0 Å². The zero-order valence-corrected chi connectivity index (χ0v) is 14.8. The van der Waals surface area contributed by atoms with Gasteiger partial charge in [-0.25, -0.2) is 0 Å². The molecule has 1 aliphatic rings. The lowest BCUT2D eigenvalue weighted by atomic mass is 10.0. The summed E-state index contributed by atoms with van der Waals surface area (Å²) in [6.45, 7) is 5.39. The first-order valence-corrected chi connectivity index (χ1v) is 8.86. The molecule has 2 unspecified atom stereocenters. The van der Waals surface area contributed by atoms with Crippen LogP contribution in [-0.2, 0) is 0 Å². The Bertz CT molecular complexity index is 458. The topological polar surface area (TPSA) is 35.5 Å². The van der Waals surface area contributed by atoms with Crippen LogP contribution in [0.5, 0.6) is 0 Å². The highest BCUT2D eigenvalue weighted by molar-refractivity contribution is 9.10. The van der Waals surface area contributed by atoms with E-state index in [9.17, 15) is 5.11 Å². The molecule has 1 saturated heterocycles. The van der Waals surface area contributed by atoms with Gasteiger partial charge in [0, 0.05) is 28.1 Å². The van der Waals surface area contributed by atoms with Crippen molar-refractivity contribution in [3.63, 3.8) is 0 Å². The molecule has 118 valence electrons. The third kappa shape index (κ3) is 4.67. The molecule has 0 radical (unpaired) electrons. The van der Waals surface area contributed by atoms with Crippen molar-refractivity contribution in [2.24, 2.45) is 0 Å². The van der Waals surface area contributed by atoms with Crippen molar-refractivity contribution >= 4 is 27.5 Å². The molecule has 0 amide bonds. The Balaban J connectivity index is 2.01. The Labute approximate surface area is 140 Å². The summed E-state index contributed by atoms with van der Waals surface area (Å²) >= 11 is 9.84. The summed E-state index contributed by atoms with van der Waals surface area (Å²) in [5.41, 5.74) is 1.15. The Hall–Kier alpha value is -0.130. The van der Waals surface area contributed by atoms with Crippen LogP contribution in [0.25, 0.3) is 0 Å². The number of halogens is 2. The van der Waals surface area contributed by atoms with Gasteiger partial charge in [0.05, 0.1) is 6.61 Å². The first-order valence-electron chi connectivity index (χ1n) is 7.69. The number of rotatable bonds is 7. The largest absolute Gasteiger partial charge is 0.395 e. The molecule has 1 aromatic carbocycles. The fourth-order valence-corrected chi connectivity index (χ4v) is 3.89. The van der Waals surface area contributed by atoms with Crippen LogP contribution in [0.1, 0.15) is 37.8 Å². The van der Waals surface area contributed by atoms with Crippen molar-refractivity contribution in [2.45, 2.75) is 38.3 Å². The van der Waals surface area contributed by atoms with E-state index in [4.69, 9.17) is 11.6 Å². The average molecular weight is 376 g/mol. The highest BCUT2D eigenvalue weighted by Crippen LogP contribution is 2.29. The Morgan fingerprint density at radius 1 is 1.52 bits per heavy atom. The molecule has 1 aromatic rings. The molecule has 1 fully saturated rings. The second-order valence-corrected chi connectivity index (χ2v) is 6.90. The van der Waals surface area contributed by atoms with Crippen molar-refractivity contribution in [2.75, 3.05) is 26.2 Å². The van der Waals surface area contributed by atoms with Crippen molar-refractivity contribution in [3.05, 3.63) is 33.3 Å². The number of hydrogen-bond donors (Lipinski definition) is 2. The minimum Gasteiger partial charge on any atom is -0.395 e. The summed E-state index contributed by atoms with van der Waals surface area (Å²) in [5.74, 6) is 0. The molecule has 1 heterocycles. The summed E-state index contributed by atoms with van der Waals surface area (Å²) in [7, 11) is 0. The minimum absolute atomic E-state index is 0.260. The summed E-state index contributed by atoms with van der Waals surface area (Å²) in [5, 5.41) is 13.7. The van der Waals surface area contributed by atoms with Crippen LogP contribution in [0.3, 0.4) is 0 Å². The lowest BCUT2D eigenvalue weighted by Gasteiger charge is -2.26. The Morgan fingerprint density at radius 2 is 2.33 bits per heavy atom. The molecule has 1 aliphatic heterocycles. The molecular formula is C16H24BrClN2O. The number of aliphatic hydroxyl groups is 1. The maximum atomic E-state index is 9.41. The van der Waals surface area contributed by atoms with E-state index < -0.39 is 0 Å². The van der Waals surface area contributed by atoms with E-state index >= 15 is 0 Å². The van der Waals surface area contributed by atoms with Crippen LogP contribution in [0.4, 0.5) is 0 Å². The van der Waals surface area contributed by atoms with E-state index in [1.165, 1.54) is 6.42 Å². The molecule has 21 heavy (non-hydrogen) atoms. The highest BCUT2D eigenvalue weighted by atomic mass is 79.9. The van der Waals surface area contributed by atoms with E-state index in [0.29, 0.717) is 6.04 Å². The highest BCUT2D eigenvalue weighted by Gasteiger charge is 2.24. The summed E-state index contributed by atoms with van der Waals surface area (Å²) < 4.78 is 1.01. The number of nitrogens with one attached hydrogen (secondary N) is 1. The maximum absolute atomic E-state index is 9.41. The molecule has 2 atom stereocenters. The standard InChI is InChI=1S/C16H24BrClN2O/c1-2-19-16(14-6-5-12(17)10-15(14)18)7-9-20-8-3-4-13(20)11-21/h5-6,10,13,16,19,21H,2-4,7-9,11H2,1H3. The van der Waals surface area contributed by atoms with Crippen LogP contribution >= 0.6 is 27.5 Å². The SMILES string of the molecule is CCNC(CCN1CCCC1CO)c1ccc(Br)cc1Cl. The normalized spacial score (nSPS) is 20.9. The van der Waals surface area contributed by atoms with Gasteiger partial charge in [-0.05, 0) is 50.0 Å². The van der Waals surface area contributed by atoms with Crippen LogP contribution in [-0.4, -0.2) is 42.3 Å². The van der Waals surface area contributed by atoms with Gasteiger partial charge in [0.2, 0.25) is 0 Å². The number of aliphatic hydroxyl groups excluding tert-OH is 1. The van der Waals surface area contributed by atoms with Crippen molar-refractivity contribution < 1.29 is 5.11 Å². The average Bonchev–Trinajstić information content (AvgIpc) is 2.91. The number of nitrogens with zero attached hydrogens (tertiary/aromatic N) is 1. The quantitative estimate of drug-likeness (QED) is 0.764. The van der Waals surface area contributed by atoms with Crippen molar-refractivity contribution in [1.82, 2.24) is 10.2 Å². The van der Waals surface area contributed by atoms with Gasteiger partial charge in [-0.3, -0.25) is 4.90 Å². The third-order valence-electron chi connectivity index (χ3n) is 4.20. The van der Waals surface area contributed by atoms with Gasteiger partial charge in [-0.15, -0.1) is 0 Å². The van der Waals surface area contributed by atoms with Gasteiger partial charge in [0.1, 0.15) is 0 Å². The zero-order chi connectivity index (χ0) is 15.2. The molecule has 2 rings (SSSR count). The summed E-state index contributed by atoms with van der Waals surface area (Å²) in [6, 6.07) is 6.68. The number of likely N-dealkylation sites (tertiary alicyclic amines) is 1. The van der Waals surface area contributed by atoms with Crippen LogP contribution in [0, 0.1) is 0 Å².